The van der Waals surface area contributed by atoms with E-state index in [0.29, 0.717) is 0 Å². The van der Waals surface area contributed by atoms with Gasteiger partial charge in [-0.15, -0.1) is 11.3 Å². The van der Waals surface area contributed by atoms with Crippen LogP contribution in [-0.2, 0) is 4.79 Å². The Labute approximate surface area is 148 Å². The summed E-state index contributed by atoms with van der Waals surface area (Å²) < 4.78 is 26.8. The third kappa shape index (κ3) is 4.49. The number of hydrogen-bond donors (Lipinski definition) is 2. The summed E-state index contributed by atoms with van der Waals surface area (Å²) in [6.07, 6.45) is 0. The van der Waals surface area contributed by atoms with E-state index in [2.05, 4.69) is 10.6 Å². The zero-order valence-corrected chi connectivity index (χ0v) is 14.0. The van der Waals surface area contributed by atoms with Crippen LogP contribution in [0.3, 0.4) is 0 Å². The molecule has 3 aromatic rings. The fourth-order valence-electron chi connectivity index (χ4n) is 2.45. The highest BCUT2D eigenvalue weighted by atomic mass is 32.1. The smallest absolute Gasteiger partial charge is 0.238 e. The Bertz CT molecular complexity index is 835. The van der Waals surface area contributed by atoms with Crippen molar-refractivity contribution in [3.05, 3.63) is 88.1 Å². The first-order valence-electron chi connectivity index (χ1n) is 7.70. The average molecular weight is 358 g/mol. The molecular weight excluding hydrogens is 342 g/mol. The van der Waals surface area contributed by atoms with Gasteiger partial charge in [-0.2, -0.15) is 0 Å². The lowest BCUT2D eigenvalue weighted by Gasteiger charge is -2.18. The highest BCUT2D eigenvalue weighted by molar-refractivity contribution is 7.10. The van der Waals surface area contributed by atoms with E-state index < -0.39 is 5.82 Å². The number of halogens is 2. The minimum absolute atomic E-state index is 0.00568. The molecule has 3 nitrogen and oxygen atoms in total. The minimum Gasteiger partial charge on any atom is -0.322 e. The molecule has 25 heavy (non-hydrogen) atoms. The number of benzene rings is 2. The fraction of sp³-hybridized carbons (Fsp3) is 0.105. The van der Waals surface area contributed by atoms with E-state index in [1.54, 1.807) is 35.6 Å². The first-order valence-corrected chi connectivity index (χ1v) is 8.58. The van der Waals surface area contributed by atoms with E-state index in [4.69, 9.17) is 0 Å². The second kappa shape index (κ2) is 8.00. The molecule has 1 atom stereocenters. The Balaban J connectivity index is 1.70. The Kier molecular flexibility index (Phi) is 5.53. The molecule has 0 bridgehead atoms. The van der Waals surface area contributed by atoms with Crippen LogP contribution in [-0.4, -0.2) is 12.5 Å². The number of anilines is 1. The molecule has 0 saturated heterocycles. The van der Waals surface area contributed by atoms with Gasteiger partial charge in [0, 0.05) is 4.88 Å². The first-order chi connectivity index (χ1) is 12.1. The summed E-state index contributed by atoms with van der Waals surface area (Å²) in [5, 5.41) is 7.63. The molecule has 1 amide bonds. The second-order valence-electron chi connectivity index (χ2n) is 5.41. The SMILES string of the molecule is O=C(CN[C@@H](c1ccc(F)cc1)c1cccs1)Nc1ccccc1F. The van der Waals surface area contributed by atoms with Crippen molar-refractivity contribution < 1.29 is 13.6 Å². The molecule has 6 heteroatoms. The number of carbonyl (C=O) groups excluding carboxylic acids is 1. The van der Waals surface area contributed by atoms with Crippen LogP contribution >= 0.6 is 11.3 Å². The van der Waals surface area contributed by atoms with E-state index in [0.717, 1.165) is 10.4 Å². The third-order valence-electron chi connectivity index (χ3n) is 3.65. The Morgan fingerprint density at radius 2 is 1.76 bits per heavy atom. The monoisotopic (exact) mass is 358 g/mol. The maximum Gasteiger partial charge on any atom is 0.238 e. The fourth-order valence-corrected chi connectivity index (χ4v) is 3.27. The predicted molar refractivity (Wildman–Crippen MR) is 95.6 cm³/mol. The minimum atomic E-state index is -0.482. The Morgan fingerprint density at radius 3 is 2.44 bits per heavy atom. The van der Waals surface area contributed by atoms with Gasteiger partial charge in [-0.05, 0) is 41.3 Å². The van der Waals surface area contributed by atoms with Gasteiger partial charge in [-0.25, -0.2) is 8.78 Å². The summed E-state index contributed by atoms with van der Waals surface area (Å²) in [6, 6.07) is 15.8. The van der Waals surface area contributed by atoms with Gasteiger partial charge in [0.25, 0.3) is 0 Å². The normalized spacial score (nSPS) is 11.9. The molecule has 0 aliphatic rings. The maximum absolute atomic E-state index is 13.6. The highest BCUT2D eigenvalue weighted by Gasteiger charge is 2.16. The van der Waals surface area contributed by atoms with Crippen LogP contribution in [0.25, 0.3) is 0 Å². The van der Waals surface area contributed by atoms with Crippen LogP contribution < -0.4 is 10.6 Å². The molecule has 0 unspecified atom stereocenters. The number of carbonyl (C=O) groups is 1. The predicted octanol–water partition coefficient (Wildman–Crippen LogP) is 4.34. The van der Waals surface area contributed by atoms with E-state index in [9.17, 15) is 13.6 Å². The van der Waals surface area contributed by atoms with Crippen molar-refractivity contribution in [2.24, 2.45) is 0 Å². The first kappa shape index (κ1) is 17.3. The van der Waals surface area contributed by atoms with Crippen LogP contribution in [0.1, 0.15) is 16.5 Å². The van der Waals surface area contributed by atoms with Crippen LogP contribution in [0.2, 0.25) is 0 Å². The molecule has 0 aliphatic carbocycles. The van der Waals surface area contributed by atoms with Crippen LogP contribution in [0.5, 0.6) is 0 Å². The zero-order chi connectivity index (χ0) is 17.6. The largest absolute Gasteiger partial charge is 0.322 e. The number of nitrogens with one attached hydrogen (secondary N) is 2. The Hall–Kier alpha value is -2.57. The van der Waals surface area contributed by atoms with E-state index in [-0.39, 0.29) is 30.0 Å². The summed E-state index contributed by atoms with van der Waals surface area (Å²) in [5.74, 6) is -1.15. The topological polar surface area (TPSA) is 41.1 Å². The number of thiophene rings is 1. The lowest BCUT2D eigenvalue weighted by Crippen LogP contribution is -2.31. The quantitative estimate of drug-likeness (QED) is 0.688. The molecule has 0 aliphatic heterocycles. The van der Waals surface area contributed by atoms with E-state index in [1.807, 2.05) is 17.5 Å². The summed E-state index contributed by atoms with van der Waals surface area (Å²) in [5.41, 5.74) is 0.992. The molecule has 0 radical (unpaired) electrons. The van der Waals surface area contributed by atoms with Gasteiger partial charge in [0.2, 0.25) is 5.91 Å². The average Bonchev–Trinajstić information content (AvgIpc) is 3.13. The molecule has 0 spiro atoms. The van der Waals surface area contributed by atoms with Crippen LogP contribution in [0, 0.1) is 11.6 Å². The summed E-state index contributed by atoms with van der Waals surface area (Å²) in [7, 11) is 0. The molecule has 2 N–H and O–H groups in total. The molecule has 1 aromatic heterocycles. The molecule has 1 heterocycles. The van der Waals surface area contributed by atoms with Crippen molar-refractivity contribution >= 4 is 22.9 Å². The number of hydrogen-bond acceptors (Lipinski definition) is 3. The number of amides is 1. The van der Waals surface area contributed by atoms with Crippen LogP contribution in [0.15, 0.2) is 66.0 Å². The molecule has 0 saturated carbocycles. The number of rotatable bonds is 6. The lowest BCUT2D eigenvalue weighted by atomic mass is 10.1. The summed E-state index contributed by atoms with van der Waals surface area (Å²) >= 11 is 1.54. The molecular formula is C19H16F2N2OS. The molecule has 0 fully saturated rings. The van der Waals surface area contributed by atoms with Gasteiger partial charge < -0.3 is 5.32 Å². The van der Waals surface area contributed by atoms with Gasteiger partial charge in [0.15, 0.2) is 0 Å². The van der Waals surface area contributed by atoms with Gasteiger partial charge >= 0.3 is 0 Å². The number of para-hydroxylation sites is 1. The molecule has 128 valence electrons. The zero-order valence-electron chi connectivity index (χ0n) is 13.2. The van der Waals surface area contributed by atoms with Gasteiger partial charge in [0.1, 0.15) is 11.6 Å². The molecule has 3 rings (SSSR count). The van der Waals surface area contributed by atoms with Crippen molar-refractivity contribution in [1.29, 1.82) is 0 Å². The van der Waals surface area contributed by atoms with Gasteiger partial charge in [-0.1, -0.05) is 30.3 Å². The lowest BCUT2D eigenvalue weighted by molar-refractivity contribution is -0.115. The summed E-state index contributed by atoms with van der Waals surface area (Å²) in [6.45, 7) is -0.00568. The van der Waals surface area contributed by atoms with Crippen molar-refractivity contribution in [3.63, 3.8) is 0 Å². The second-order valence-corrected chi connectivity index (χ2v) is 6.39. The Morgan fingerprint density at radius 1 is 1.00 bits per heavy atom. The maximum atomic E-state index is 13.6. The van der Waals surface area contributed by atoms with Crippen LogP contribution in [0.4, 0.5) is 14.5 Å². The highest BCUT2D eigenvalue weighted by Crippen LogP contribution is 2.26. The van der Waals surface area contributed by atoms with Crippen molar-refractivity contribution in [3.8, 4) is 0 Å². The molecule has 2 aromatic carbocycles. The van der Waals surface area contributed by atoms with Crippen molar-refractivity contribution in [2.75, 3.05) is 11.9 Å². The summed E-state index contributed by atoms with van der Waals surface area (Å²) in [4.78, 5) is 13.1. The van der Waals surface area contributed by atoms with Gasteiger partial charge in [-0.3, -0.25) is 10.1 Å². The van der Waals surface area contributed by atoms with E-state index >= 15 is 0 Å². The van der Waals surface area contributed by atoms with Gasteiger partial charge in [0.05, 0.1) is 18.3 Å². The standard InChI is InChI=1S/C19H16F2N2OS/c20-14-9-7-13(8-10-14)19(17-6-3-11-25-17)22-12-18(24)23-16-5-2-1-4-15(16)21/h1-11,19,22H,12H2,(H,23,24)/t19-/m0/s1. The third-order valence-corrected chi connectivity index (χ3v) is 4.58. The van der Waals surface area contributed by atoms with Crippen molar-refractivity contribution in [1.82, 2.24) is 5.32 Å². The van der Waals surface area contributed by atoms with E-state index in [1.165, 1.54) is 24.3 Å². The van der Waals surface area contributed by atoms with Crippen molar-refractivity contribution in [2.45, 2.75) is 6.04 Å².